The summed E-state index contributed by atoms with van der Waals surface area (Å²) in [5, 5.41) is 5.04. The molecule has 3 amide bonds. The van der Waals surface area contributed by atoms with Gasteiger partial charge < -0.3 is 20.3 Å². The molecule has 7 nitrogen and oxygen atoms in total. The molecule has 164 valence electrons. The molecule has 0 bridgehead atoms. The molecule has 1 atom stereocenters. The first kappa shape index (κ1) is 22.4. The average molecular weight is 427 g/mol. The number of carbonyl (C=O) groups excluding carboxylic acids is 3. The van der Waals surface area contributed by atoms with Crippen molar-refractivity contribution in [1.29, 1.82) is 0 Å². The SMILES string of the molecule is COC(C)(CNC(=O)C(=O)Nc1cccc(N2CCCCC2=O)c1)c1ccccc1F. The fourth-order valence-corrected chi connectivity index (χ4v) is 3.51. The van der Waals surface area contributed by atoms with Gasteiger partial charge >= 0.3 is 11.8 Å². The number of amides is 3. The Bertz CT molecular complexity index is 981. The van der Waals surface area contributed by atoms with Gasteiger partial charge in [-0.15, -0.1) is 0 Å². The summed E-state index contributed by atoms with van der Waals surface area (Å²) in [5.74, 6) is -2.16. The highest BCUT2D eigenvalue weighted by Crippen LogP contribution is 2.26. The van der Waals surface area contributed by atoms with Gasteiger partial charge in [-0.2, -0.15) is 0 Å². The molecular formula is C23H26FN3O4. The van der Waals surface area contributed by atoms with E-state index in [-0.39, 0.29) is 18.0 Å². The van der Waals surface area contributed by atoms with Crippen molar-refractivity contribution in [3.63, 3.8) is 0 Å². The van der Waals surface area contributed by atoms with E-state index in [9.17, 15) is 18.8 Å². The third kappa shape index (κ3) is 5.27. The summed E-state index contributed by atoms with van der Waals surface area (Å²) in [6, 6.07) is 12.9. The molecule has 1 fully saturated rings. The lowest BCUT2D eigenvalue weighted by atomic mass is 9.95. The Kier molecular flexibility index (Phi) is 7.02. The molecule has 1 aliphatic heterocycles. The van der Waals surface area contributed by atoms with Gasteiger partial charge in [0.2, 0.25) is 5.91 Å². The van der Waals surface area contributed by atoms with Gasteiger partial charge in [-0.1, -0.05) is 24.3 Å². The van der Waals surface area contributed by atoms with E-state index in [2.05, 4.69) is 10.6 Å². The molecule has 0 spiro atoms. The summed E-state index contributed by atoms with van der Waals surface area (Å²) in [6.45, 7) is 2.16. The molecule has 1 heterocycles. The van der Waals surface area contributed by atoms with Crippen LogP contribution < -0.4 is 15.5 Å². The number of carbonyl (C=O) groups is 3. The summed E-state index contributed by atoms with van der Waals surface area (Å²) in [5.41, 5.74) is 0.210. The van der Waals surface area contributed by atoms with Crippen LogP contribution in [-0.4, -0.2) is 37.9 Å². The topological polar surface area (TPSA) is 87.7 Å². The Labute approximate surface area is 180 Å². The number of hydrogen-bond acceptors (Lipinski definition) is 4. The van der Waals surface area contributed by atoms with Gasteiger partial charge in [-0.3, -0.25) is 14.4 Å². The third-order valence-corrected chi connectivity index (χ3v) is 5.43. The highest BCUT2D eigenvalue weighted by atomic mass is 19.1. The van der Waals surface area contributed by atoms with Crippen molar-refractivity contribution in [3.05, 3.63) is 59.9 Å². The number of nitrogens with one attached hydrogen (secondary N) is 2. The van der Waals surface area contributed by atoms with Gasteiger partial charge in [0.25, 0.3) is 0 Å². The molecule has 0 saturated carbocycles. The van der Waals surface area contributed by atoms with Gasteiger partial charge in [-0.05, 0) is 44.0 Å². The minimum Gasteiger partial charge on any atom is -0.372 e. The molecular weight excluding hydrogens is 401 g/mol. The molecule has 0 aliphatic carbocycles. The Hall–Kier alpha value is -3.26. The first-order chi connectivity index (χ1) is 14.8. The lowest BCUT2D eigenvalue weighted by molar-refractivity contribution is -0.137. The number of ether oxygens (including phenoxy) is 1. The van der Waals surface area contributed by atoms with E-state index in [1.54, 1.807) is 54.3 Å². The van der Waals surface area contributed by atoms with Crippen molar-refractivity contribution in [1.82, 2.24) is 5.32 Å². The maximum atomic E-state index is 14.2. The van der Waals surface area contributed by atoms with Crippen LogP contribution in [0.3, 0.4) is 0 Å². The van der Waals surface area contributed by atoms with E-state index < -0.39 is 23.2 Å². The maximum absolute atomic E-state index is 14.2. The summed E-state index contributed by atoms with van der Waals surface area (Å²) < 4.78 is 19.6. The minimum atomic E-state index is -1.14. The number of anilines is 2. The zero-order valence-electron chi connectivity index (χ0n) is 17.6. The Morgan fingerprint density at radius 3 is 2.61 bits per heavy atom. The monoisotopic (exact) mass is 427 g/mol. The number of benzene rings is 2. The standard InChI is InChI=1S/C23H26FN3O4/c1-23(31-2,18-10-3-4-11-19(18)24)15-25-21(29)22(30)26-16-8-7-9-17(14-16)27-13-6-5-12-20(27)28/h3-4,7-11,14H,5-6,12-13,15H2,1-2H3,(H,25,29)(H,26,30). The smallest absolute Gasteiger partial charge is 0.313 e. The molecule has 2 aromatic carbocycles. The Balaban J connectivity index is 1.63. The van der Waals surface area contributed by atoms with Crippen molar-refractivity contribution in [2.45, 2.75) is 31.8 Å². The predicted octanol–water partition coefficient (Wildman–Crippen LogP) is 2.96. The second kappa shape index (κ2) is 9.70. The number of rotatable bonds is 6. The Morgan fingerprint density at radius 1 is 1.13 bits per heavy atom. The molecule has 31 heavy (non-hydrogen) atoms. The zero-order chi connectivity index (χ0) is 22.4. The highest BCUT2D eigenvalue weighted by molar-refractivity contribution is 6.39. The molecule has 2 N–H and O–H groups in total. The summed E-state index contributed by atoms with van der Waals surface area (Å²) in [7, 11) is 1.41. The number of hydrogen-bond donors (Lipinski definition) is 2. The number of nitrogens with zero attached hydrogens (tertiary/aromatic N) is 1. The van der Waals surface area contributed by atoms with Crippen molar-refractivity contribution in [3.8, 4) is 0 Å². The van der Waals surface area contributed by atoms with Crippen LogP contribution in [0.25, 0.3) is 0 Å². The number of methoxy groups -OCH3 is 1. The second-order valence-electron chi connectivity index (χ2n) is 7.60. The summed E-state index contributed by atoms with van der Waals surface area (Å²) in [4.78, 5) is 38.5. The van der Waals surface area contributed by atoms with Crippen LogP contribution in [0.4, 0.5) is 15.8 Å². The lowest BCUT2D eigenvalue weighted by Gasteiger charge is -2.29. The third-order valence-electron chi connectivity index (χ3n) is 5.43. The van der Waals surface area contributed by atoms with Crippen LogP contribution in [0, 0.1) is 5.82 Å². The van der Waals surface area contributed by atoms with Gasteiger partial charge in [0.15, 0.2) is 0 Å². The van der Waals surface area contributed by atoms with E-state index in [1.807, 2.05) is 0 Å². The second-order valence-corrected chi connectivity index (χ2v) is 7.60. The molecule has 1 aliphatic rings. The molecule has 1 saturated heterocycles. The van der Waals surface area contributed by atoms with Gasteiger partial charge in [0, 0.05) is 37.0 Å². The molecule has 0 radical (unpaired) electrons. The van der Waals surface area contributed by atoms with Crippen LogP contribution in [0.1, 0.15) is 31.7 Å². The van der Waals surface area contributed by atoms with E-state index in [0.29, 0.717) is 24.3 Å². The predicted molar refractivity (Wildman–Crippen MR) is 115 cm³/mol. The zero-order valence-corrected chi connectivity index (χ0v) is 17.6. The van der Waals surface area contributed by atoms with Crippen LogP contribution in [0.2, 0.25) is 0 Å². The van der Waals surface area contributed by atoms with Crippen molar-refractivity contribution in [2.24, 2.45) is 0 Å². The molecule has 8 heteroatoms. The molecule has 3 rings (SSSR count). The molecule has 2 aromatic rings. The van der Waals surface area contributed by atoms with Crippen LogP contribution in [-0.2, 0) is 24.7 Å². The average Bonchev–Trinajstić information content (AvgIpc) is 2.78. The molecule has 0 aromatic heterocycles. The van der Waals surface area contributed by atoms with Gasteiger partial charge in [-0.25, -0.2) is 4.39 Å². The quantitative estimate of drug-likeness (QED) is 0.694. The fraction of sp³-hybridized carbons (Fsp3) is 0.348. The largest absolute Gasteiger partial charge is 0.372 e. The molecule has 1 unspecified atom stereocenters. The maximum Gasteiger partial charge on any atom is 0.313 e. The highest BCUT2D eigenvalue weighted by Gasteiger charge is 2.30. The Morgan fingerprint density at radius 2 is 1.90 bits per heavy atom. The fourth-order valence-electron chi connectivity index (χ4n) is 3.51. The minimum absolute atomic E-state index is 0.0412. The van der Waals surface area contributed by atoms with Crippen molar-refractivity contribution < 1.29 is 23.5 Å². The van der Waals surface area contributed by atoms with E-state index in [1.165, 1.54) is 13.2 Å². The van der Waals surface area contributed by atoms with Crippen molar-refractivity contribution >= 4 is 29.1 Å². The van der Waals surface area contributed by atoms with Crippen LogP contribution in [0.5, 0.6) is 0 Å². The lowest BCUT2D eigenvalue weighted by Crippen LogP contribution is -2.44. The number of piperidine rings is 1. The van der Waals surface area contributed by atoms with Crippen molar-refractivity contribution in [2.75, 3.05) is 30.4 Å². The van der Waals surface area contributed by atoms with Crippen LogP contribution >= 0.6 is 0 Å². The van der Waals surface area contributed by atoms with E-state index in [4.69, 9.17) is 4.74 Å². The summed E-state index contributed by atoms with van der Waals surface area (Å²) >= 11 is 0. The van der Waals surface area contributed by atoms with E-state index in [0.717, 1.165) is 12.8 Å². The normalized spacial score (nSPS) is 15.8. The van der Waals surface area contributed by atoms with E-state index >= 15 is 0 Å². The van der Waals surface area contributed by atoms with Gasteiger partial charge in [0.1, 0.15) is 11.4 Å². The van der Waals surface area contributed by atoms with Crippen LogP contribution in [0.15, 0.2) is 48.5 Å². The first-order valence-electron chi connectivity index (χ1n) is 10.1. The summed E-state index contributed by atoms with van der Waals surface area (Å²) in [6.07, 6.45) is 2.30. The van der Waals surface area contributed by atoms with Gasteiger partial charge in [0.05, 0.1) is 6.54 Å². The first-order valence-corrected chi connectivity index (χ1v) is 10.1. The number of halogens is 1.